The highest BCUT2D eigenvalue weighted by Gasteiger charge is 2.12. The molecule has 1 N–H and O–H groups in total. The van der Waals surface area contributed by atoms with Crippen LogP contribution in [0, 0.1) is 0 Å². The maximum atomic E-state index is 11.1. The zero-order valence-electron chi connectivity index (χ0n) is 20.4. The third-order valence-electron chi connectivity index (χ3n) is 6.35. The van der Waals surface area contributed by atoms with Gasteiger partial charge >= 0.3 is 5.97 Å². The number of nitrogens with zero attached hydrogens (tertiary/aromatic N) is 2. The van der Waals surface area contributed by atoms with Gasteiger partial charge in [0.25, 0.3) is 0 Å². The normalized spacial score (nSPS) is 10.7. The molecule has 5 aromatic rings. The number of rotatable bonds is 10. The van der Waals surface area contributed by atoms with Gasteiger partial charge in [-0.05, 0) is 78.4 Å². The van der Waals surface area contributed by atoms with Crippen molar-refractivity contribution in [3.8, 4) is 11.4 Å². The Morgan fingerprint density at radius 2 is 1.62 bits per heavy atom. The molecule has 3 aromatic carbocycles. The highest BCUT2D eigenvalue weighted by molar-refractivity contribution is 5.86. The lowest BCUT2D eigenvalue weighted by Crippen LogP contribution is -1.98. The lowest BCUT2D eigenvalue weighted by Gasteiger charge is -2.09. The SMILES string of the molecule is Cl.O=C(O)CCc1ccc2c(c1)c(CCc1ccccc1)cn2-c1ccc(OCc2cccnc2)cc1. The van der Waals surface area contributed by atoms with E-state index in [0.29, 0.717) is 13.0 Å². The number of pyridine rings is 1. The zero-order chi connectivity index (χ0) is 24.7. The van der Waals surface area contributed by atoms with E-state index in [4.69, 9.17) is 9.84 Å². The lowest BCUT2D eigenvalue weighted by molar-refractivity contribution is -0.136. The number of ether oxygens (including phenoxy) is 1. The summed E-state index contributed by atoms with van der Waals surface area (Å²) in [5.41, 5.74) is 6.79. The largest absolute Gasteiger partial charge is 0.489 e. The van der Waals surface area contributed by atoms with Gasteiger partial charge in [-0.25, -0.2) is 0 Å². The molecule has 0 atom stereocenters. The molecule has 5 nitrogen and oxygen atoms in total. The fraction of sp³-hybridized carbons (Fsp3) is 0.161. The van der Waals surface area contributed by atoms with E-state index < -0.39 is 5.97 Å². The van der Waals surface area contributed by atoms with E-state index in [2.05, 4.69) is 64.3 Å². The number of fused-ring (bicyclic) bond motifs is 1. The van der Waals surface area contributed by atoms with Crippen molar-refractivity contribution in [1.82, 2.24) is 9.55 Å². The Morgan fingerprint density at radius 1 is 0.838 bits per heavy atom. The van der Waals surface area contributed by atoms with Gasteiger partial charge in [0, 0.05) is 41.6 Å². The number of halogens is 1. The molecule has 0 spiro atoms. The van der Waals surface area contributed by atoms with Crippen LogP contribution in [0.25, 0.3) is 16.6 Å². The number of aryl methyl sites for hydroxylation is 3. The number of hydrogen-bond donors (Lipinski definition) is 1. The number of benzene rings is 3. The molecule has 188 valence electrons. The summed E-state index contributed by atoms with van der Waals surface area (Å²) in [5, 5.41) is 10.3. The van der Waals surface area contributed by atoms with Crippen molar-refractivity contribution >= 4 is 29.3 Å². The molecule has 0 saturated heterocycles. The highest BCUT2D eigenvalue weighted by atomic mass is 35.5. The standard InChI is InChI=1S/C31H28N2O3.ClH/c34-31(35)17-10-24-9-16-30-29(19-24)26(11-8-23-5-2-1-3-6-23)21-33(30)27-12-14-28(15-13-27)36-22-25-7-4-18-32-20-25;/h1-7,9,12-16,18-21H,8,10-11,17,22H2,(H,34,35);1H. The minimum atomic E-state index is -0.775. The van der Waals surface area contributed by atoms with Crippen LogP contribution in [0.2, 0.25) is 0 Å². The lowest BCUT2D eigenvalue weighted by atomic mass is 10.0. The Morgan fingerprint density at radius 3 is 2.35 bits per heavy atom. The number of aliphatic carboxylic acids is 1. The van der Waals surface area contributed by atoms with Gasteiger partial charge in [0.15, 0.2) is 0 Å². The maximum Gasteiger partial charge on any atom is 0.303 e. The third-order valence-corrected chi connectivity index (χ3v) is 6.35. The van der Waals surface area contributed by atoms with Gasteiger partial charge in [0.05, 0.1) is 5.52 Å². The van der Waals surface area contributed by atoms with Crippen molar-refractivity contribution in [2.75, 3.05) is 0 Å². The number of aromatic nitrogens is 2. The fourth-order valence-corrected chi connectivity index (χ4v) is 4.44. The molecule has 0 fully saturated rings. The molecule has 0 aliphatic rings. The molecule has 0 radical (unpaired) electrons. The number of hydrogen-bond acceptors (Lipinski definition) is 3. The first kappa shape index (κ1) is 26.0. The van der Waals surface area contributed by atoms with Crippen LogP contribution < -0.4 is 4.74 Å². The summed E-state index contributed by atoms with van der Waals surface area (Å²) in [4.78, 5) is 15.2. The minimum absolute atomic E-state index is 0. The minimum Gasteiger partial charge on any atom is -0.489 e. The van der Waals surface area contributed by atoms with Crippen LogP contribution in [0.5, 0.6) is 5.75 Å². The van der Waals surface area contributed by atoms with Crippen molar-refractivity contribution in [2.45, 2.75) is 32.3 Å². The first-order valence-corrected chi connectivity index (χ1v) is 12.2. The molecular weight excluding hydrogens is 484 g/mol. The molecule has 6 heteroatoms. The second-order valence-corrected chi connectivity index (χ2v) is 8.90. The molecular formula is C31H29ClN2O3. The summed E-state index contributed by atoms with van der Waals surface area (Å²) in [6.07, 6.45) is 8.28. The molecule has 37 heavy (non-hydrogen) atoms. The zero-order valence-corrected chi connectivity index (χ0v) is 21.2. The summed E-state index contributed by atoms with van der Waals surface area (Å²) < 4.78 is 8.14. The van der Waals surface area contributed by atoms with Gasteiger partial charge in [-0.3, -0.25) is 9.78 Å². The average molecular weight is 513 g/mol. The Balaban J connectivity index is 0.00000320. The molecule has 2 aromatic heterocycles. The van der Waals surface area contributed by atoms with Crippen molar-refractivity contribution in [3.05, 3.63) is 126 Å². The third kappa shape index (κ3) is 6.57. The van der Waals surface area contributed by atoms with Gasteiger partial charge in [-0.2, -0.15) is 0 Å². The van der Waals surface area contributed by atoms with Crippen molar-refractivity contribution in [2.24, 2.45) is 0 Å². The van der Waals surface area contributed by atoms with E-state index in [1.54, 1.807) is 6.20 Å². The van der Waals surface area contributed by atoms with E-state index in [0.717, 1.165) is 40.9 Å². The molecule has 0 saturated carbocycles. The van der Waals surface area contributed by atoms with E-state index in [1.165, 1.54) is 16.5 Å². The van der Waals surface area contributed by atoms with E-state index in [9.17, 15) is 4.79 Å². The van der Waals surface area contributed by atoms with Crippen LogP contribution in [-0.4, -0.2) is 20.6 Å². The molecule has 0 aliphatic carbocycles. The molecule has 0 unspecified atom stereocenters. The Bertz CT molecular complexity index is 1450. The van der Waals surface area contributed by atoms with Gasteiger partial charge in [0.2, 0.25) is 0 Å². The Kier molecular flexibility index (Phi) is 8.60. The monoisotopic (exact) mass is 512 g/mol. The van der Waals surface area contributed by atoms with Crippen LogP contribution in [-0.2, 0) is 30.7 Å². The summed E-state index contributed by atoms with van der Waals surface area (Å²) in [5.74, 6) is 0.0297. The molecule has 0 bridgehead atoms. The summed E-state index contributed by atoms with van der Waals surface area (Å²) in [7, 11) is 0. The summed E-state index contributed by atoms with van der Waals surface area (Å²) in [6.45, 7) is 0.475. The number of carboxylic acid groups (broad SMARTS) is 1. The second-order valence-electron chi connectivity index (χ2n) is 8.90. The smallest absolute Gasteiger partial charge is 0.303 e. The van der Waals surface area contributed by atoms with Crippen LogP contribution in [0.1, 0.15) is 28.7 Å². The van der Waals surface area contributed by atoms with Crippen molar-refractivity contribution in [1.29, 1.82) is 0 Å². The quantitative estimate of drug-likeness (QED) is 0.223. The molecule has 0 aliphatic heterocycles. The highest BCUT2D eigenvalue weighted by Crippen LogP contribution is 2.29. The predicted octanol–water partition coefficient (Wildman–Crippen LogP) is 6.83. The van der Waals surface area contributed by atoms with Crippen LogP contribution in [0.15, 0.2) is 104 Å². The van der Waals surface area contributed by atoms with Crippen LogP contribution in [0.4, 0.5) is 0 Å². The Labute approximate surface area is 222 Å². The Hall–Kier alpha value is -4.09. The van der Waals surface area contributed by atoms with Gasteiger partial charge in [0.1, 0.15) is 12.4 Å². The maximum absolute atomic E-state index is 11.1. The van der Waals surface area contributed by atoms with E-state index in [1.807, 2.05) is 42.6 Å². The number of carboxylic acids is 1. The van der Waals surface area contributed by atoms with Crippen molar-refractivity contribution in [3.63, 3.8) is 0 Å². The first-order valence-electron chi connectivity index (χ1n) is 12.2. The topological polar surface area (TPSA) is 64.3 Å². The molecule has 5 rings (SSSR count). The summed E-state index contributed by atoms with van der Waals surface area (Å²) >= 11 is 0. The van der Waals surface area contributed by atoms with Crippen molar-refractivity contribution < 1.29 is 14.6 Å². The van der Waals surface area contributed by atoms with Crippen LogP contribution in [0.3, 0.4) is 0 Å². The van der Waals surface area contributed by atoms with Gasteiger partial charge < -0.3 is 14.4 Å². The average Bonchev–Trinajstić information content (AvgIpc) is 3.29. The molecule has 2 heterocycles. The summed E-state index contributed by atoms with van der Waals surface area (Å²) in [6, 6.07) is 28.8. The molecule has 0 amide bonds. The fourth-order valence-electron chi connectivity index (χ4n) is 4.44. The second kappa shape index (κ2) is 12.2. The number of carbonyl (C=O) groups is 1. The van der Waals surface area contributed by atoms with Gasteiger partial charge in [-0.15, -0.1) is 12.4 Å². The van der Waals surface area contributed by atoms with Crippen LogP contribution >= 0.6 is 12.4 Å². The van der Waals surface area contributed by atoms with Gasteiger partial charge in [-0.1, -0.05) is 42.5 Å². The van der Waals surface area contributed by atoms with E-state index in [-0.39, 0.29) is 18.8 Å². The van der Waals surface area contributed by atoms with E-state index >= 15 is 0 Å². The predicted molar refractivity (Wildman–Crippen MR) is 149 cm³/mol. The first-order chi connectivity index (χ1) is 17.7.